The van der Waals surface area contributed by atoms with Gasteiger partial charge in [0.05, 0.1) is 19.8 Å². The molecule has 0 radical (unpaired) electrons. The first-order valence-electron chi connectivity index (χ1n) is 8.35. The zero-order valence-electron chi connectivity index (χ0n) is 14.7. The summed E-state index contributed by atoms with van der Waals surface area (Å²) in [5, 5.41) is 6.76. The minimum absolute atomic E-state index is 0. The molecule has 23 heavy (non-hydrogen) atoms. The fourth-order valence-electron chi connectivity index (χ4n) is 2.77. The number of carbonyl (C=O) groups is 1. The van der Waals surface area contributed by atoms with E-state index < -0.39 is 0 Å². The molecule has 0 saturated carbocycles. The van der Waals surface area contributed by atoms with Crippen LogP contribution in [-0.2, 0) is 9.53 Å². The highest BCUT2D eigenvalue weighted by Gasteiger charge is 2.33. The summed E-state index contributed by atoms with van der Waals surface area (Å²) in [6.45, 7) is 12.9. The smallest absolute Gasteiger partial charge is 0.225 e. The fourth-order valence-corrected chi connectivity index (χ4v) is 2.77. The molecule has 2 heterocycles. The molecule has 1 atom stereocenters. The molecular formula is C16H31IN4O2. The number of amides is 1. The van der Waals surface area contributed by atoms with Gasteiger partial charge in [0.1, 0.15) is 0 Å². The maximum Gasteiger partial charge on any atom is 0.225 e. The summed E-state index contributed by atoms with van der Waals surface area (Å²) in [7, 11) is 0. The van der Waals surface area contributed by atoms with Crippen molar-refractivity contribution in [1.29, 1.82) is 0 Å². The molecule has 6 nitrogen and oxygen atoms in total. The summed E-state index contributed by atoms with van der Waals surface area (Å²) < 4.78 is 5.27. The van der Waals surface area contributed by atoms with Crippen LogP contribution >= 0.6 is 24.0 Å². The van der Waals surface area contributed by atoms with Crippen LogP contribution in [0.4, 0.5) is 0 Å². The number of hydrogen-bond acceptors (Lipinski definition) is 3. The van der Waals surface area contributed by atoms with Gasteiger partial charge in [-0.1, -0.05) is 20.8 Å². The van der Waals surface area contributed by atoms with Crippen molar-refractivity contribution in [3.05, 3.63) is 0 Å². The van der Waals surface area contributed by atoms with E-state index in [2.05, 4.69) is 29.5 Å². The van der Waals surface area contributed by atoms with Crippen LogP contribution in [0, 0.1) is 11.3 Å². The van der Waals surface area contributed by atoms with Crippen LogP contribution < -0.4 is 10.6 Å². The van der Waals surface area contributed by atoms with Crippen LogP contribution in [0.3, 0.4) is 0 Å². The van der Waals surface area contributed by atoms with Gasteiger partial charge in [0.15, 0.2) is 5.96 Å². The Labute approximate surface area is 156 Å². The van der Waals surface area contributed by atoms with Gasteiger partial charge in [0.25, 0.3) is 0 Å². The van der Waals surface area contributed by atoms with Crippen LogP contribution in [0.5, 0.6) is 0 Å². The van der Waals surface area contributed by atoms with E-state index in [-0.39, 0.29) is 47.3 Å². The Kier molecular flexibility index (Phi) is 8.06. The van der Waals surface area contributed by atoms with Crippen LogP contribution in [0.15, 0.2) is 4.99 Å². The van der Waals surface area contributed by atoms with Crippen molar-refractivity contribution in [2.75, 3.05) is 39.4 Å². The predicted molar refractivity (Wildman–Crippen MR) is 103 cm³/mol. The lowest BCUT2D eigenvalue weighted by atomic mass is 9.89. The number of ether oxygens (including phenoxy) is 1. The van der Waals surface area contributed by atoms with E-state index in [9.17, 15) is 4.79 Å². The number of aliphatic imine (C=N–C) groups is 1. The van der Waals surface area contributed by atoms with Crippen molar-refractivity contribution in [3.63, 3.8) is 0 Å². The summed E-state index contributed by atoms with van der Waals surface area (Å²) in [4.78, 5) is 18.7. The molecule has 0 aromatic carbocycles. The molecular weight excluding hydrogens is 407 g/mol. The lowest BCUT2D eigenvalue weighted by Gasteiger charge is -2.36. The third-order valence-corrected chi connectivity index (χ3v) is 4.20. The summed E-state index contributed by atoms with van der Waals surface area (Å²) in [6, 6.07) is 0.283. The zero-order valence-corrected chi connectivity index (χ0v) is 17.1. The van der Waals surface area contributed by atoms with Gasteiger partial charge >= 0.3 is 0 Å². The van der Waals surface area contributed by atoms with E-state index in [1.807, 2.05) is 18.7 Å². The summed E-state index contributed by atoms with van der Waals surface area (Å²) in [5.74, 6) is 1.16. The van der Waals surface area contributed by atoms with Crippen molar-refractivity contribution < 1.29 is 9.53 Å². The van der Waals surface area contributed by atoms with Gasteiger partial charge in [-0.3, -0.25) is 9.79 Å². The van der Waals surface area contributed by atoms with E-state index >= 15 is 0 Å². The first-order chi connectivity index (χ1) is 10.4. The highest BCUT2D eigenvalue weighted by Crippen LogP contribution is 2.26. The monoisotopic (exact) mass is 438 g/mol. The second-order valence-electron chi connectivity index (χ2n) is 7.07. The molecule has 2 aliphatic rings. The average Bonchev–Trinajstić information content (AvgIpc) is 2.90. The quantitative estimate of drug-likeness (QED) is 0.388. The SMILES string of the molecule is CCNC(=NCC1(C)COC1)NC1CCN(C(=O)C(C)C)C1.I. The van der Waals surface area contributed by atoms with Crippen molar-refractivity contribution >= 4 is 35.8 Å². The molecule has 1 amide bonds. The summed E-state index contributed by atoms with van der Waals surface area (Å²) in [5.41, 5.74) is 0.178. The molecule has 7 heteroatoms. The molecule has 1 unspecified atom stereocenters. The maximum atomic E-state index is 12.0. The third-order valence-electron chi connectivity index (χ3n) is 4.20. The molecule has 0 aromatic heterocycles. The molecule has 0 aromatic rings. The highest BCUT2D eigenvalue weighted by atomic mass is 127. The Balaban J connectivity index is 0.00000264. The van der Waals surface area contributed by atoms with Gasteiger partial charge in [0.2, 0.25) is 5.91 Å². The van der Waals surface area contributed by atoms with Gasteiger partial charge in [-0.2, -0.15) is 0 Å². The van der Waals surface area contributed by atoms with E-state index in [4.69, 9.17) is 4.74 Å². The summed E-state index contributed by atoms with van der Waals surface area (Å²) >= 11 is 0. The van der Waals surface area contributed by atoms with Crippen LogP contribution in [-0.4, -0.2) is 62.2 Å². The Morgan fingerprint density at radius 2 is 2.13 bits per heavy atom. The maximum absolute atomic E-state index is 12.0. The van der Waals surface area contributed by atoms with Gasteiger partial charge in [-0.15, -0.1) is 24.0 Å². The second kappa shape index (κ2) is 9.05. The number of halogens is 1. The van der Waals surface area contributed by atoms with Crippen molar-refractivity contribution in [3.8, 4) is 0 Å². The average molecular weight is 438 g/mol. The summed E-state index contributed by atoms with van der Waals surface area (Å²) in [6.07, 6.45) is 0.975. The number of nitrogens with one attached hydrogen (secondary N) is 2. The minimum Gasteiger partial charge on any atom is -0.380 e. The largest absolute Gasteiger partial charge is 0.380 e. The number of guanidine groups is 1. The van der Waals surface area contributed by atoms with Crippen LogP contribution in [0.25, 0.3) is 0 Å². The van der Waals surface area contributed by atoms with Crippen LogP contribution in [0.1, 0.15) is 34.1 Å². The van der Waals surface area contributed by atoms with E-state index in [0.29, 0.717) is 0 Å². The third kappa shape index (κ3) is 5.77. The molecule has 134 valence electrons. The number of nitrogens with zero attached hydrogens (tertiary/aromatic N) is 2. The first-order valence-corrected chi connectivity index (χ1v) is 8.35. The lowest BCUT2D eigenvalue weighted by molar-refractivity contribution is -0.133. The van der Waals surface area contributed by atoms with E-state index in [0.717, 1.165) is 51.8 Å². The minimum atomic E-state index is 0. The Morgan fingerprint density at radius 1 is 1.43 bits per heavy atom. The van der Waals surface area contributed by atoms with Crippen molar-refractivity contribution in [1.82, 2.24) is 15.5 Å². The van der Waals surface area contributed by atoms with Gasteiger partial charge in [-0.05, 0) is 13.3 Å². The molecule has 2 rings (SSSR count). The number of rotatable bonds is 5. The number of hydrogen-bond donors (Lipinski definition) is 2. The molecule has 2 saturated heterocycles. The van der Waals surface area contributed by atoms with E-state index in [1.165, 1.54) is 0 Å². The second-order valence-corrected chi connectivity index (χ2v) is 7.07. The number of carbonyl (C=O) groups excluding carboxylic acids is 1. The zero-order chi connectivity index (χ0) is 16.2. The Morgan fingerprint density at radius 3 is 2.65 bits per heavy atom. The number of likely N-dealkylation sites (tertiary alicyclic amines) is 1. The van der Waals surface area contributed by atoms with Crippen LogP contribution in [0.2, 0.25) is 0 Å². The van der Waals surface area contributed by atoms with Gasteiger partial charge in [0, 0.05) is 37.0 Å². The molecule has 2 aliphatic heterocycles. The lowest BCUT2D eigenvalue weighted by Crippen LogP contribution is -2.47. The molecule has 2 N–H and O–H groups in total. The topological polar surface area (TPSA) is 66.0 Å². The van der Waals surface area contributed by atoms with Crippen molar-refractivity contribution in [2.45, 2.75) is 40.2 Å². The van der Waals surface area contributed by atoms with Gasteiger partial charge in [-0.25, -0.2) is 0 Å². The molecule has 0 spiro atoms. The molecule has 0 aliphatic carbocycles. The highest BCUT2D eigenvalue weighted by molar-refractivity contribution is 14.0. The molecule has 0 bridgehead atoms. The van der Waals surface area contributed by atoms with Gasteiger partial charge < -0.3 is 20.3 Å². The fraction of sp³-hybridized carbons (Fsp3) is 0.875. The Bertz CT molecular complexity index is 424. The predicted octanol–water partition coefficient (Wildman–Crippen LogP) is 1.45. The molecule has 2 fully saturated rings. The first kappa shape index (κ1) is 20.5. The normalized spacial score (nSPS) is 23.3. The van der Waals surface area contributed by atoms with E-state index in [1.54, 1.807) is 0 Å². The Hall–Kier alpha value is -0.570. The standard InChI is InChI=1S/C16H30N4O2.HI/c1-5-17-15(18-9-16(4)10-22-11-16)19-13-6-7-20(8-13)14(21)12(2)3;/h12-13H,5-11H2,1-4H3,(H2,17,18,19);1H. The van der Waals surface area contributed by atoms with Crippen molar-refractivity contribution in [2.24, 2.45) is 16.3 Å².